The zero-order valence-corrected chi connectivity index (χ0v) is 18.2. The number of nitrogens with one attached hydrogen (secondary N) is 3. The maximum Gasteiger partial charge on any atom is 0.326 e. The maximum absolute atomic E-state index is 12.6. The zero-order chi connectivity index (χ0) is 23.6. The molecule has 0 spiro atoms. The number of carboxylic acids is 1. The Labute approximate surface area is 176 Å². The van der Waals surface area contributed by atoms with E-state index in [-0.39, 0.29) is 24.7 Å². The molecule has 5 unspecified atom stereocenters. The Kier molecular flexibility index (Phi) is 12.2. The summed E-state index contributed by atoms with van der Waals surface area (Å²) in [4.78, 5) is 48.5. The van der Waals surface area contributed by atoms with E-state index in [4.69, 9.17) is 5.73 Å². The van der Waals surface area contributed by atoms with Crippen LogP contribution in [0.1, 0.15) is 47.5 Å². The van der Waals surface area contributed by atoms with Crippen molar-refractivity contribution in [1.82, 2.24) is 16.0 Å². The minimum absolute atomic E-state index is 0.00247. The highest BCUT2D eigenvalue weighted by Crippen LogP contribution is 2.08. The Bertz CT molecular complexity index is 595. The van der Waals surface area contributed by atoms with Crippen molar-refractivity contribution < 1.29 is 34.5 Å². The molecule has 0 saturated heterocycles. The predicted molar refractivity (Wildman–Crippen MR) is 109 cm³/mol. The molecule has 0 aliphatic rings. The Morgan fingerprint density at radius 3 is 1.57 bits per heavy atom. The summed E-state index contributed by atoms with van der Waals surface area (Å²) < 4.78 is 0. The van der Waals surface area contributed by atoms with Crippen molar-refractivity contribution in [2.75, 3.05) is 6.61 Å². The van der Waals surface area contributed by atoms with E-state index in [2.05, 4.69) is 16.0 Å². The predicted octanol–water partition coefficient (Wildman–Crippen LogP) is -1.68. The molecule has 0 heterocycles. The first-order valence-corrected chi connectivity index (χ1v) is 9.98. The lowest BCUT2D eigenvalue weighted by Crippen LogP contribution is -2.59. The highest BCUT2D eigenvalue weighted by atomic mass is 16.4. The van der Waals surface area contributed by atoms with E-state index in [1.165, 1.54) is 6.92 Å². The summed E-state index contributed by atoms with van der Waals surface area (Å²) in [5.41, 5.74) is 5.58. The number of hydrogen-bond acceptors (Lipinski definition) is 7. The fraction of sp³-hybridized carbons (Fsp3) is 0.789. The number of aliphatic hydroxyl groups excluding tert-OH is 2. The van der Waals surface area contributed by atoms with Gasteiger partial charge in [-0.15, -0.1) is 0 Å². The van der Waals surface area contributed by atoms with E-state index in [1.54, 1.807) is 13.8 Å². The van der Waals surface area contributed by atoms with Crippen molar-refractivity contribution in [1.29, 1.82) is 0 Å². The van der Waals surface area contributed by atoms with E-state index >= 15 is 0 Å². The van der Waals surface area contributed by atoms with Gasteiger partial charge in [-0.1, -0.05) is 27.7 Å². The molecule has 0 aromatic rings. The Hall–Kier alpha value is -2.24. The molecular formula is C19H36N4O7. The first kappa shape index (κ1) is 27.8. The second-order valence-corrected chi connectivity index (χ2v) is 8.23. The number of amides is 3. The van der Waals surface area contributed by atoms with E-state index in [1.807, 2.05) is 13.8 Å². The van der Waals surface area contributed by atoms with Gasteiger partial charge in [-0.3, -0.25) is 14.4 Å². The molecule has 0 aliphatic heterocycles. The van der Waals surface area contributed by atoms with E-state index in [0.717, 1.165) is 0 Å². The molecule has 0 aromatic heterocycles. The quantitative estimate of drug-likeness (QED) is 0.179. The molecule has 0 aromatic carbocycles. The standard InChI is InChI=1S/C19H36N4O7/c1-9(2)6-12(21-18(28)15(20)11(5)25)16(26)23-14(8-24)17(27)22-13(19(29)30)7-10(3)4/h9-15,24-25H,6-8,20H2,1-5H3,(H,21,28)(H,22,27)(H,23,26)(H,29,30). The molecule has 30 heavy (non-hydrogen) atoms. The van der Waals surface area contributed by atoms with Crippen LogP contribution in [0.4, 0.5) is 0 Å². The fourth-order valence-electron chi connectivity index (χ4n) is 2.62. The van der Waals surface area contributed by atoms with Gasteiger partial charge >= 0.3 is 5.97 Å². The first-order valence-electron chi connectivity index (χ1n) is 9.98. The summed E-state index contributed by atoms with van der Waals surface area (Å²) in [6, 6.07) is -4.87. The summed E-state index contributed by atoms with van der Waals surface area (Å²) in [5, 5.41) is 35.3. The van der Waals surface area contributed by atoms with Crippen LogP contribution in [0.25, 0.3) is 0 Å². The Balaban J connectivity index is 5.24. The molecule has 5 atom stereocenters. The van der Waals surface area contributed by atoms with Gasteiger partial charge in [0.25, 0.3) is 0 Å². The lowest BCUT2D eigenvalue weighted by atomic mass is 10.0. The Morgan fingerprint density at radius 1 is 0.767 bits per heavy atom. The molecule has 0 radical (unpaired) electrons. The number of carbonyl (C=O) groups is 4. The van der Waals surface area contributed by atoms with E-state index in [9.17, 15) is 34.5 Å². The van der Waals surface area contributed by atoms with Crippen LogP contribution in [0.2, 0.25) is 0 Å². The summed E-state index contributed by atoms with van der Waals surface area (Å²) in [7, 11) is 0. The molecule has 0 saturated carbocycles. The molecule has 0 bridgehead atoms. The third-order valence-electron chi connectivity index (χ3n) is 4.30. The summed E-state index contributed by atoms with van der Waals surface area (Å²) in [6.45, 7) is 7.81. The number of rotatable bonds is 13. The molecule has 0 rings (SSSR count). The SMILES string of the molecule is CC(C)CC(NC(=O)C(CO)NC(=O)C(CC(C)C)NC(=O)C(N)C(C)O)C(=O)O. The molecule has 174 valence electrons. The molecule has 11 nitrogen and oxygen atoms in total. The number of carboxylic acid groups (broad SMARTS) is 1. The minimum atomic E-state index is -1.40. The monoisotopic (exact) mass is 432 g/mol. The minimum Gasteiger partial charge on any atom is -0.480 e. The van der Waals surface area contributed by atoms with E-state index in [0.29, 0.717) is 0 Å². The van der Waals surface area contributed by atoms with Gasteiger partial charge in [-0.25, -0.2) is 4.79 Å². The number of aliphatic carboxylic acids is 1. The van der Waals surface area contributed by atoms with Crippen LogP contribution in [0, 0.1) is 11.8 Å². The molecule has 3 amide bonds. The van der Waals surface area contributed by atoms with Crippen LogP contribution in [0.3, 0.4) is 0 Å². The van der Waals surface area contributed by atoms with Crippen LogP contribution < -0.4 is 21.7 Å². The van der Waals surface area contributed by atoms with E-state index < -0.39 is 60.6 Å². The van der Waals surface area contributed by atoms with Gasteiger partial charge in [0.2, 0.25) is 17.7 Å². The zero-order valence-electron chi connectivity index (χ0n) is 18.2. The molecular weight excluding hydrogens is 396 g/mol. The van der Waals surface area contributed by atoms with Gasteiger partial charge < -0.3 is 37.0 Å². The lowest BCUT2D eigenvalue weighted by molar-refractivity contribution is -0.143. The second-order valence-electron chi connectivity index (χ2n) is 8.23. The smallest absolute Gasteiger partial charge is 0.326 e. The highest BCUT2D eigenvalue weighted by molar-refractivity contribution is 5.94. The number of carbonyl (C=O) groups excluding carboxylic acids is 3. The average molecular weight is 433 g/mol. The number of hydrogen-bond donors (Lipinski definition) is 7. The highest BCUT2D eigenvalue weighted by Gasteiger charge is 2.31. The topological polar surface area (TPSA) is 191 Å². The van der Waals surface area contributed by atoms with Gasteiger partial charge in [0.05, 0.1) is 12.7 Å². The van der Waals surface area contributed by atoms with Crippen molar-refractivity contribution in [3.63, 3.8) is 0 Å². The normalized spacial score (nSPS) is 16.3. The van der Waals surface area contributed by atoms with Crippen molar-refractivity contribution in [2.45, 2.75) is 77.7 Å². The maximum atomic E-state index is 12.6. The van der Waals surface area contributed by atoms with Crippen LogP contribution in [0.15, 0.2) is 0 Å². The van der Waals surface area contributed by atoms with Crippen LogP contribution in [0.5, 0.6) is 0 Å². The molecule has 0 fully saturated rings. The van der Waals surface area contributed by atoms with Gasteiger partial charge in [0.15, 0.2) is 0 Å². The van der Waals surface area contributed by atoms with Crippen LogP contribution >= 0.6 is 0 Å². The Morgan fingerprint density at radius 2 is 1.17 bits per heavy atom. The first-order chi connectivity index (χ1) is 13.8. The second kappa shape index (κ2) is 13.1. The van der Waals surface area contributed by atoms with Crippen molar-refractivity contribution in [2.24, 2.45) is 17.6 Å². The van der Waals surface area contributed by atoms with Crippen molar-refractivity contribution in [3.8, 4) is 0 Å². The van der Waals surface area contributed by atoms with Gasteiger partial charge in [-0.2, -0.15) is 0 Å². The summed E-state index contributed by atoms with van der Waals surface area (Å²) >= 11 is 0. The van der Waals surface area contributed by atoms with Crippen LogP contribution in [-0.2, 0) is 19.2 Å². The van der Waals surface area contributed by atoms with Gasteiger partial charge in [0.1, 0.15) is 24.2 Å². The summed E-state index contributed by atoms with van der Waals surface area (Å²) in [6.07, 6.45) is -0.733. The largest absolute Gasteiger partial charge is 0.480 e. The van der Waals surface area contributed by atoms with Crippen molar-refractivity contribution >= 4 is 23.7 Å². The number of aliphatic hydroxyl groups is 2. The summed E-state index contributed by atoms with van der Waals surface area (Å²) in [5.74, 6) is -3.56. The molecule has 11 heteroatoms. The van der Waals surface area contributed by atoms with Gasteiger partial charge in [0, 0.05) is 0 Å². The van der Waals surface area contributed by atoms with Crippen molar-refractivity contribution in [3.05, 3.63) is 0 Å². The van der Waals surface area contributed by atoms with Gasteiger partial charge in [-0.05, 0) is 31.6 Å². The van der Waals surface area contributed by atoms with Crippen LogP contribution in [-0.4, -0.2) is 75.9 Å². The number of nitrogens with two attached hydrogens (primary N) is 1. The third kappa shape index (κ3) is 9.99. The average Bonchev–Trinajstić information content (AvgIpc) is 2.62. The molecule has 8 N–H and O–H groups in total. The fourth-order valence-corrected chi connectivity index (χ4v) is 2.62. The lowest BCUT2D eigenvalue weighted by Gasteiger charge is -2.26. The molecule has 0 aliphatic carbocycles. The third-order valence-corrected chi connectivity index (χ3v) is 4.30.